The van der Waals surface area contributed by atoms with Crippen molar-refractivity contribution in [2.24, 2.45) is 5.92 Å². The van der Waals surface area contributed by atoms with Gasteiger partial charge in [-0.3, -0.25) is 9.59 Å². The summed E-state index contributed by atoms with van der Waals surface area (Å²) in [5, 5.41) is 6.34. The zero-order valence-corrected chi connectivity index (χ0v) is 19.5. The Kier molecular flexibility index (Phi) is 7.12. The van der Waals surface area contributed by atoms with Crippen molar-refractivity contribution in [2.45, 2.75) is 13.5 Å². The van der Waals surface area contributed by atoms with Crippen LogP contribution in [0.3, 0.4) is 0 Å². The van der Waals surface area contributed by atoms with Crippen LogP contribution in [0, 0.1) is 11.7 Å². The Labute approximate surface area is 200 Å². The van der Waals surface area contributed by atoms with Crippen LogP contribution in [0.5, 0.6) is 0 Å². The van der Waals surface area contributed by atoms with E-state index in [2.05, 4.69) is 10.1 Å². The molecular formula is C25H23FN4O3S. The highest BCUT2D eigenvalue weighted by Gasteiger charge is 2.27. The number of aromatic nitrogens is 3. The molecule has 1 amide bonds. The first kappa shape index (κ1) is 23.3. The number of thiophene rings is 1. The highest BCUT2D eigenvalue weighted by Crippen LogP contribution is 2.26. The highest BCUT2D eigenvalue weighted by molar-refractivity contribution is 7.13. The second-order valence-electron chi connectivity index (χ2n) is 7.72. The van der Waals surface area contributed by atoms with Crippen molar-refractivity contribution in [3.8, 4) is 16.4 Å². The maximum atomic E-state index is 13.9. The van der Waals surface area contributed by atoms with E-state index >= 15 is 0 Å². The van der Waals surface area contributed by atoms with Crippen LogP contribution in [0.1, 0.15) is 23.1 Å². The summed E-state index contributed by atoms with van der Waals surface area (Å²) in [6, 6.07) is 19.1. The molecule has 2 heterocycles. The van der Waals surface area contributed by atoms with Gasteiger partial charge in [-0.05, 0) is 35.2 Å². The van der Waals surface area contributed by atoms with Gasteiger partial charge in [0.25, 0.3) is 5.91 Å². The predicted molar refractivity (Wildman–Crippen MR) is 127 cm³/mol. The molecule has 0 N–H and O–H groups in total. The van der Waals surface area contributed by atoms with Crippen molar-refractivity contribution in [1.29, 1.82) is 0 Å². The fraction of sp³-hybridized carbons (Fsp3) is 0.200. The molecular weight excluding hydrogens is 455 g/mol. The second kappa shape index (κ2) is 10.4. The largest absolute Gasteiger partial charge is 0.469 e. The fourth-order valence-corrected chi connectivity index (χ4v) is 4.23. The maximum absolute atomic E-state index is 13.9. The number of hydrogen-bond donors (Lipinski definition) is 0. The van der Waals surface area contributed by atoms with Crippen molar-refractivity contribution in [3.05, 3.63) is 89.3 Å². The molecule has 1 unspecified atom stereocenters. The highest BCUT2D eigenvalue weighted by atomic mass is 32.1. The number of carbonyl (C=O) groups is 2. The lowest BCUT2D eigenvalue weighted by molar-refractivity contribution is -0.145. The summed E-state index contributed by atoms with van der Waals surface area (Å²) in [5.41, 5.74) is 1.35. The van der Waals surface area contributed by atoms with E-state index in [1.807, 2.05) is 47.8 Å². The smallest absolute Gasteiger partial charge is 0.310 e. The van der Waals surface area contributed by atoms with Crippen molar-refractivity contribution in [2.75, 3.05) is 13.7 Å². The van der Waals surface area contributed by atoms with Crippen LogP contribution in [-0.4, -0.2) is 45.2 Å². The lowest BCUT2D eigenvalue weighted by Gasteiger charge is -2.24. The molecule has 0 spiro atoms. The van der Waals surface area contributed by atoms with E-state index in [0.29, 0.717) is 11.5 Å². The fourth-order valence-electron chi connectivity index (χ4n) is 3.53. The average molecular weight is 479 g/mol. The predicted octanol–water partition coefficient (Wildman–Crippen LogP) is 4.59. The molecule has 0 radical (unpaired) electrons. The van der Waals surface area contributed by atoms with Crippen LogP contribution in [0.25, 0.3) is 16.4 Å². The number of carbonyl (C=O) groups excluding carboxylic acids is 2. The topological polar surface area (TPSA) is 77.3 Å². The Balaban J connectivity index is 1.73. The third-order valence-corrected chi connectivity index (χ3v) is 6.06. The number of benzene rings is 2. The maximum Gasteiger partial charge on any atom is 0.310 e. The number of ether oxygens (including phenoxy) is 1. The Hall–Kier alpha value is -3.85. The molecule has 34 heavy (non-hydrogen) atoms. The van der Waals surface area contributed by atoms with Gasteiger partial charge in [-0.25, -0.2) is 14.1 Å². The summed E-state index contributed by atoms with van der Waals surface area (Å²) < 4.78 is 20.2. The molecule has 4 rings (SSSR count). The van der Waals surface area contributed by atoms with Gasteiger partial charge in [0.05, 0.1) is 23.6 Å². The molecule has 0 aliphatic heterocycles. The molecule has 4 aromatic rings. The van der Waals surface area contributed by atoms with Crippen molar-refractivity contribution in [1.82, 2.24) is 19.7 Å². The zero-order valence-electron chi connectivity index (χ0n) is 18.7. The Morgan fingerprint density at radius 1 is 1.12 bits per heavy atom. The van der Waals surface area contributed by atoms with Crippen LogP contribution >= 0.6 is 11.3 Å². The van der Waals surface area contributed by atoms with E-state index in [-0.39, 0.29) is 18.9 Å². The van der Waals surface area contributed by atoms with Gasteiger partial charge in [0, 0.05) is 13.1 Å². The first-order valence-electron chi connectivity index (χ1n) is 10.6. The molecule has 0 aliphatic carbocycles. The van der Waals surface area contributed by atoms with Gasteiger partial charge in [0.2, 0.25) is 5.82 Å². The Morgan fingerprint density at radius 3 is 2.59 bits per heavy atom. The summed E-state index contributed by atoms with van der Waals surface area (Å²) >= 11 is 1.44. The monoisotopic (exact) mass is 478 g/mol. The molecule has 9 heteroatoms. The first-order chi connectivity index (χ1) is 16.5. The summed E-state index contributed by atoms with van der Waals surface area (Å²) in [6.07, 6.45) is 0. The molecule has 2 aromatic heterocycles. The van der Waals surface area contributed by atoms with Gasteiger partial charge >= 0.3 is 5.97 Å². The normalized spacial score (nSPS) is 11.7. The van der Waals surface area contributed by atoms with Gasteiger partial charge < -0.3 is 9.64 Å². The van der Waals surface area contributed by atoms with E-state index in [1.165, 1.54) is 40.2 Å². The minimum absolute atomic E-state index is 0.0411. The number of methoxy groups -OCH3 is 1. The standard InChI is InChI=1S/C25H23FN4O3S/c1-17(25(32)33-2)15-29(16-18-8-4-3-5-9-18)24(31)22-27-23(21-12-7-13-34-21)30(28-22)20-11-6-10-19(26)14-20/h3-14,17H,15-16H2,1-2H3. The molecule has 0 bridgehead atoms. The Morgan fingerprint density at radius 2 is 1.91 bits per heavy atom. The zero-order chi connectivity index (χ0) is 24.1. The summed E-state index contributed by atoms with van der Waals surface area (Å²) in [4.78, 5) is 32.5. The van der Waals surface area contributed by atoms with E-state index in [9.17, 15) is 14.0 Å². The number of nitrogens with zero attached hydrogens (tertiary/aromatic N) is 4. The molecule has 1 atom stereocenters. The lowest BCUT2D eigenvalue weighted by atomic mass is 10.1. The number of esters is 1. The molecule has 0 aliphatic rings. The third-order valence-electron chi connectivity index (χ3n) is 5.19. The van der Waals surface area contributed by atoms with E-state index < -0.39 is 23.6 Å². The van der Waals surface area contributed by atoms with Crippen molar-refractivity contribution < 1.29 is 18.7 Å². The van der Waals surface area contributed by atoms with Crippen LogP contribution in [-0.2, 0) is 16.1 Å². The van der Waals surface area contributed by atoms with Crippen molar-refractivity contribution >= 4 is 23.2 Å². The van der Waals surface area contributed by atoms with E-state index in [0.717, 1.165) is 10.4 Å². The van der Waals surface area contributed by atoms with Crippen LogP contribution < -0.4 is 0 Å². The van der Waals surface area contributed by atoms with E-state index in [4.69, 9.17) is 4.74 Å². The van der Waals surface area contributed by atoms with Gasteiger partial charge in [-0.1, -0.05) is 49.4 Å². The average Bonchev–Trinajstić information content (AvgIpc) is 3.53. The molecule has 174 valence electrons. The number of amides is 1. The molecule has 0 fully saturated rings. The van der Waals surface area contributed by atoms with Gasteiger partial charge in [0.15, 0.2) is 5.82 Å². The number of halogens is 1. The molecule has 0 saturated carbocycles. The van der Waals surface area contributed by atoms with Crippen LogP contribution in [0.2, 0.25) is 0 Å². The van der Waals surface area contributed by atoms with Gasteiger partial charge in [-0.2, -0.15) is 0 Å². The van der Waals surface area contributed by atoms with Gasteiger partial charge in [-0.15, -0.1) is 16.4 Å². The van der Waals surface area contributed by atoms with Crippen LogP contribution in [0.15, 0.2) is 72.1 Å². The number of rotatable bonds is 8. The summed E-state index contributed by atoms with van der Waals surface area (Å²) in [7, 11) is 1.32. The van der Waals surface area contributed by atoms with Crippen molar-refractivity contribution in [3.63, 3.8) is 0 Å². The summed E-state index contributed by atoms with van der Waals surface area (Å²) in [5.74, 6) is -1.42. The molecule has 7 nitrogen and oxygen atoms in total. The minimum Gasteiger partial charge on any atom is -0.469 e. The third kappa shape index (κ3) is 5.20. The minimum atomic E-state index is -0.542. The Bertz CT molecular complexity index is 1270. The first-order valence-corrected chi connectivity index (χ1v) is 11.5. The van der Waals surface area contributed by atoms with Crippen LogP contribution in [0.4, 0.5) is 4.39 Å². The SMILES string of the molecule is COC(=O)C(C)CN(Cc1ccccc1)C(=O)c1nc(-c2cccs2)n(-c2cccc(F)c2)n1. The summed E-state index contributed by atoms with van der Waals surface area (Å²) in [6.45, 7) is 2.10. The lowest BCUT2D eigenvalue weighted by Crippen LogP contribution is -2.37. The second-order valence-corrected chi connectivity index (χ2v) is 8.67. The number of hydrogen-bond acceptors (Lipinski definition) is 6. The quantitative estimate of drug-likeness (QED) is 0.346. The molecule has 0 saturated heterocycles. The van der Waals surface area contributed by atoms with Gasteiger partial charge in [0.1, 0.15) is 5.82 Å². The molecule has 2 aromatic carbocycles. The van der Waals surface area contributed by atoms with E-state index in [1.54, 1.807) is 19.1 Å².